The molecule has 0 N–H and O–H groups in total. The van der Waals surface area contributed by atoms with Crippen LogP contribution in [-0.4, -0.2) is 4.98 Å². The maximum Gasteiger partial charge on any atom is 0.230 e. The lowest BCUT2D eigenvalue weighted by molar-refractivity contribution is -0.660. The largest absolute Gasteiger partial charge is 0.437 e. The van der Waals surface area contributed by atoms with Gasteiger partial charge in [-0.2, -0.15) is 9.37 Å². The third-order valence-electron chi connectivity index (χ3n) is 6.10. The van der Waals surface area contributed by atoms with Gasteiger partial charge < -0.3 is 4.42 Å². The van der Waals surface area contributed by atoms with Crippen LogP contribution in [0.4, 0.5) is 8.78 Å². The SMILES string of the molecule is Cc1c[n+](C)c(-c2c(C)cc(F)c3c2oc2nc(F)c4ccccc4c23)cc1C(C)C. The number of nitrogens with zero attached hydrogens (tertiary/aromatic N) is 2. The van der Waals surface area contributed by atoms with Gasteiger partial charge in [0.05, 0.1) is 16.3 Å². The number of benzene rings is 2. The molecule has 156 valence electrons. The Labute approximate surface area is 178 Å². The molecule has 0 saturated heterocycles. The topological polar surface area (TPSA) is 29.9 Å². The molecule has 0 radical (unpaired) electrons. The number of halogens is 2. The number of fused-ring (bicyclic) bond motifs is 5. The molecule has 5 aromatic rings. The third kappa shape index (κ3) is 2.83. The van der Waals surface area contributed by atoms with Crippen molar-refractivity contribution in [3.05, 3.63) is 71.1 Å². The Morgan fingerprint density at radius 2 is 1.68 bits per heavy atom. The second kappa shape index (κ2) is 6.84. The zero-order chi connectivity index (χ0) is 22.0. The molecule has 5 rings (SSSR count). The van der Waals surface area contributed by atoms with Gasteiger partial charge in [0.1, 0.15) is 12.9 Å². The number of furan rings is 1. The Hall–Kier alpha value is -3.34. The minimum absolute atomic E-state index is 0.107. The summed E-state index contributed by atoms with van der Waals surface area (Å²) in [6.07, 6.45) is 2.08. The molecule has 2 aromatic carbocycles. The van der Waals surface area contributed by atoms with Gasteiger partial charge in [-0.05, 0) is 48.4 Å². The maximum absolute atomic E-state index is 15.3. The van der Waals surface area contributed by atoms with Gasteiger partial charge in [-0.15, -0.1) is 0 Å². The molecule has 0 atom stereocenters. The van der Waals surface area contributed by atoms with Crippen molar-refractivity contribution in [3.8, 4) is 11.3 Å². The summed E-state index contributed by atoms with van der Waals surface area (Å²) in [5.41, 5.74) is 5.37. The summed E-state index contributed by atoms with van der Waals surface area (Å²) >= 11 is 0. The van der Waals surface area contributed by atoms with Crippen molar-refractivity contribution in [2.45, 2.75) is 33.6 Å². The van der Waals surface area contributed by atoms with Crippen LogP contribution in [0.5, 0.6) is 0 Å². The quantitative estimate of drug-likeness (QED) is 0.238. The highest BCUT2D eigenvalue weighted by molar-refractivity contribution is 6.19. The van der Waals surface area contributed by atoms with E-state index in [1.165, 1.54) is 17.2 Å². The summed E-state index contributed by atoms with van der Waals surface area (Å²) < 4.78 is 38.0. The summed E-state index contributed by atoms with van der Waals surface area (Å²) in [5.74, 6) is -0.678. The van der Waals surface area contributed by atoms with Crippen molar-refractivity contribution in [2.24, 2.45) is 7.05 Å². The summed E-state index contributed by atoms with van der Waals surface area (Å²) in [6.45, 7) is 8.26. The summed E-state index contributed by atoms with van der Waals surface area (Å²) in [5, 5.41) is 1.78. The van der Waals surface area contributed by atoms with Crippen molar-refractivity contribution in [3.63, 3.8) is 0 Å². The minimum Gasteiger partial charge on any atom is -0.437 e. The Morgan fingerprint density at radius 3 is 2.39 bits per heavy atom. The van der Waals surface area contributed by atoms with Crippen molar-refractivity contribution in [2.75, 3.05) is 0 Å². The lowest BCUT2D eigenvalue weighted by Gasteiger charge is -2.12. The lowest BCUT2D eigenvalue weighted by Crippen LogP contribution is -2.32. The molecule has 0 aliphatic heterocycles. The van der Waals surface area contributed by atoms with Gasteiger partial charge >= 0.3 is 0 Å². The van der Waals surface area contributed by atoms with Crippen molar-refractivity contribution in [1.82, 2.24) is 4.98 Å². The molecule has 3 heterocycles. The highest BCUT2D eigenvalue weighted by atomic mass is 19.1. The molecule has 3 aromatic heterocycles. The number of pyridine rings is 2. The molecule has 0 aliphatic rings. The molecule has 0 amide bonds. The monoisotopic (exact) mass is 417 g/mol. The number of hydrogen-bond donors (Lipinski definition) is 0. The normalized spacial score (nSPS) is 12.0. The van der Waals surface area contributed by atoms with Crippen LogP contribution in [-0.2, 0) is 7.05 Å². The molecule has 5 heteroatoms. The van der Waals surface area contributed by atoms with Crippen LogP contribution in [0, 0.1) is 25.6 Å². The average Bonchev–Trinajstić information content (AvgIpc) is 3.09. The fourth-order valence-corrected chi connectivity index (χ4v) is 4.68. The molecule has 0 aliphatic carbocycles. The average molecular weight is 417 g/mol. The van der Waals surface area contributed by atoms with E-state index in [0.717, 1.165) is 16.8 Å². The molecule has 0 unspecified atom stereocenters. The van der Waals surface area contributed by atoms with Gasteiger partial charge in [0.25, 0.3) is 0 Å². The minimum atomic E-state index is -0.621. The first-order chi connectivity index (χ1) is 14.8. The van der Waals surface area contributed by atoms with Gasteiger partial charge in [0.15, 0.2) is 11.8 Å². The molecule has 0 saturated carbocycles. The summed E-state index contributed by atoms with van der Waals surface area (Å²) in [4.78, 5) is 4.02. The second-order valence-corrected chi connectivity index (χ2v) is 8.55. The van der Waals surface area contributed by atoms with E-state index in [4.69, 9.17) is 4.42 Å². The fraction of sp³-hybridized carbons (Fsp3) is 0.231. The van der Waals surface area contributed by atoms with Gasteiger partial charge in [-0.3, -0.25) is 0 Å². The molecular formula is C26H23F2N2O+. The van der Waals surface area contributed by atoms with E-state index in [2.05, 4.69) is 38.0 Å². The van der Waals surface area contributed by atoms with E-state index in [9.17, 15) is 4.39 Å². The third-order valence-corrected chi connectivity index (χ3v) is 6.10. The molecule has 0 bridgehead atoms. The van der Waals surface area contributed by atoms with E-state index in [-0.39, 0.29) is 5.71 Å². The van der Waals surface area contributed by atoms with E-state index in [1.807, 2.05) is 24.6 Å². The van der Waals surface area contributed by atoms with Crippen molar-refractivity contribution >= 4 is 32.8 Å². The second-order valence-electron chi connectivity index (χ2n) is 8.55. The van der Waals surface area contributed by atoms with Crippen LogP contribution >= 0.6 is 0 Å². The Morgan fingerprint density at radius 1 is 0.968 bits per heavy atom. The number of hydrogen-bond acceptors (Lipinski definition) is 2. The number of aromatic nitrogens is 2. The van der Waals surface area contributed by atoms with Crippen molar-refractivity contribution < 1.29 is 17.8 Å². The summed E-state index contributed by atoms with van der Waals surface area (Å²) in [7, 11) is 1.97. The van der Waals surface area contributed by atoms with E-state index < -0.39 is 11.8 Å². The number of rotatable bonds is 2. The molecule has 0 spiro atoms. The van der Waals surface area contributed by atoms with E-state index >= 15 is 4.39 Å². The fourth-order valence-electron chi connectivity index (χ4n) is 4.68. The van der Waals surface area contributed by atoms with E-state index in [0.29, 0.717) is 33.0 Å². The first-order valence-corrected chi connectivity index (χ1v) is 10.4. The standard InChI is InChI=1S/C26H23F2N2O/c1-13(2)18-11-20(30(5)12-15(18)4)21-14(3)10-19(27)23-22-16-8-6-7-9-17(16)25(28)29-26(22)31-24(21)23/h6-13H,1-5H3/q+1. The Bertz CT molecular complexity index is 1520. The van der Waals surface area contributed by atoms with E-state index in [1.54, 1.807) is 18.2 Å². The first kappa shape index (κ1) is 19.6. The van der Waals surface area contributed by atoms with Gasteiger partial charge in [0.2, 0.25) is 17.4 Å². The van der Waals surface area contributed by atoms with Crippen LogP contribution in [0.3, 0.4) is 0 Å². The first-order valence-electron chi connectivity index (χ1n) is 10.4. The zero-order valence-electron chi connectivity index (χ0n) is 18.2. The smallest absolute Gasteiger partial charge is 0.230 e. The van der Waals surface area contributed by atoms with Gasteiger partial charge in [-0.1, -0.05) is 32.0 Å². The van der Waals surface area contributed by atoms with Crippen LogP contribution in [0.25, 0.3) is 44.1 Å². The van der Waals surface area contributed by atoms with Gasteiger partial charge in [-0.25, -0.2) is 8.96 Å². The molecule has 0 fully saturated rings. The zero-order valence-corrected chi connectivity index (χ0v) is 18.2. The highest BCUT2D eigenvalue weighted by Gasteiger charge is 2.26. The predicted molar refractivity (Wildman–Crippen MR) is 119 cm³/mol. The Kier molecular flexibility index (Phi) is 4.33. The molecular weight excluding hydrogens is 394 g/mol. The van der Waals surface area contributed by atoms with Crippen molar-refractivity contribution in [1.29, 1.82) is 0 Å². The molecule has 31 heavy (non-hydrogen) atoms. The summed E-state index contributed by atoms with van der Waals surface area (Å²) in [6, 6.07) is 10.6. The van der Waals surface area contributed by atoms with Crippen LogP contribution < -0.4 is 4.57 Å². The number of aryl methyl sites for hydroxylation is 3. The van der Waals surface area contributed by atoms with Crippen LogP contribution in [0.2, 0.25) is 0 Å². The maximum atomic E-state index is 15.3. The molecule has 3 nitrogen and oxygen atoms in total. The highest BCUT2D eigenvalue weighted by Crippen LogP contribution is 2.41. The predicted octanol–water partition coefficient (Wildman–Crippen LogP) is 6.64. The van der Waals surface area contributed by atoms with Gasteiger partial charge in [0, 0.05) is 17.0 Å². The van der Waals surface area contributed by atoms with Crippen LogP contribution in [0.1, 0.15) is 36.5 Å². The lowest BCUT2D eigenvalue weighted by atomic mass is 9.94. The Balaban J connectivity index is 1.97. The van der Waals surface area contributed by atoms with Crippen LogP contribution in [0.15, 0.2) is 47.0 Å².